The number of aliphatic hydroxyl groups excluding tert-OH is 1. The SMILES string of the molecule is CC(C)c1cccc2c(CCCO)cn(C)c12. The second-order valence-electron chi connectivity index (χ2n) is 4.99. The Morgan fingerprint density at radius 2 is 2.06 bits per heavy atom. The van der Waals surface area contributed by atoms with Crippen LogP contribution in [0.15, 0.2) is 24.4 Å². The second-order valence-corrected chi connectivity index (χ2v) is 4.99. The van der Waals surface area contributed by atoms with E-state index >= 15 is 0 Å². The van der Waals surface area contributed by atoms with Crippen LogP contribution in [0.3, 0.4) is 0 Å². The Bertz CT molecular complexity index is 511. The molecule has 1 N–H and O–H groups in total. The molecule has 17 heavy (non-hydrogen) atoms. The summed E-state index contributed by atoms with van der Waals surface area (Å²) in [4.78, 5) is 0. The molecule has 0 atom stereocenters. The minimum atomic E-state index is 0.264. The first kappa shape index (κ1) is 12.2. The molecule has 0 amide bonds. The first-order valence-corrected chi connectivity index (χ1v) is 6.32. The number of aryl methyl sites for hydroxylation is 2. The van der Waals surface area contributed by atoms with E-state index < -0.39 is 0 Å². The average Bonchev–Trinajstić information content (AvgIpc) is 2.64. The van der Waals surface area contributed by atoms with Gasteiger partial charge < -0.3 is 9.67 Å². The molecular weight excluding hydrogens is 210 g/mol. The van der Waals surface area contributed by atoms with Gasteiger partial charge in [0.2, 0.25) is 0 Å². The highest BCUT2D eigenvalue weighted by molar-refractivity contribution is 5.87. The summed E-state index contributed by atoms with van der Waals surface area (Å²) in [5, 5.41) is 10.3. The van der Waals surface area contributed by atoms with Gasteiger partial charge in [0.25, 0.3) is 0 Å². The summed E-state index contributed by atoms with van der Waals surface area (Å²) in [6.45, 7) is 4.73. The molecule has 0 saturated carbocycles. The zero-order chi connectivity index (χ0) is 12.4. The molecule has 1 heterocycles. The highest BCUT2D eigenvalue weighted by Gasteiger charge is 2.11. The molecule has 1 aromatic heterocycles. The van der Waals surface area contributed by atoms with Crippen LogP contribution >= 0.6 is 0 Å². The van der Waals surface area contributed by atoms with E-state index in [0.717, 1.165) is 12.8 Å². The number of benzene rings is 1. The highest BCUT2D eigenvalue weighted by Crippen LogP contribution is 2.29. The summed E-state index contributed by atoms with van der Waals surface area (Å²) in [6, 6.07) is 6.54. The first-order valence-electron chi connectivity index (χ1n) is 6.32. The van der Waals surface area contributed by atoms with Crippen LogP contribution in [0.2, 0.25) is 0 Å². The lowest BCUT2D eigenvalue weighted by Gasteiger charge is -2.09. The molecule has 0 fully saturated rings. The van der Waals surface area contributed by atoms with E-state index in [0.29, 0.717) is 5.92 Å². The lowest BCUT2D eigenvalue weighted by atomic mass is 9.99. The van der Waals surface area contributed by atoms with Gasteiger partial charge in [-0.2, -0.15) is 0 Å². The molecule has 0 spiro atoms. The minimum Gasteiger partial charge on any atom is -0.396 e. The minimum absolute atomic E-state index is 0.264. The number of aliphatic hydroxyl groups is 1. The molecule has 0 radical (unpaired) electrons. The summed E-state index contributed by atoms with van der Waals surface area (Å²) in [6.07, 6.45) is 3.99. The highest BCUT2D eigenvalue weighted by atomic mass is 16.2. The Kier molecular flexibility index (Phi) is 3.53. The van der Waals surface area contributed by atoms with Gasteiger partial charge in [-0.1, -0.05) is 32.0 Å². The molecule has 0 unspecified atom stereocenters. The van der Waals surface area contributed by atoms with Crippen molar-refractivity contribution in [2.45, 2.75) is 32.6 Å². The first-order chi connectivity index (χ1) is 8.15. The van der Waals surface area contributed by atoms with E-state index in [1.165, 1.54) is 22.0 Å². The smallest absolute Gasteiger partial charge is 0.0515 e. The summed E-state index contributed by atoms with van der Waals surface area (Å²) in [5.74, 6) is 0.540. The lowest BCUT2D eigenvalue weighted by Crippen LogP contribution is -1.93. The largest absolute Gasteiger partial charge is 0.396 e. The van der Waals surface area contributed by atoms with Crippen molar-refractivity contribution >= 4 is 10.9 Å². The summed E-state index contributed by atoms with van der Waals surface area (Å²) in [5.41, 5.74) is 4.09. The van der Waals surface area contributed by atoms with Crippen LogP contribution in [-0.2, 0) is 13.5 Å². The molecule has 0 aliphatic carbocycles. The number of hydrogen-bond acceptors (Lipinski definition) is 1. The van der Waals surface area contributed by atoms with Crippen LogP contribution in [0, 0.1) is 0 Å². The lowest BCUT2D eigenvalue weighted by molar-refractivity contribution is 0.288. The van der Waals surface area contributed by atoms with E-state index in [2.05, 4.69) is 49.9 Å². The van der Waals surface area contributed by atoms with Crippen LogP contribution in [0.1, 0.15) is 37.3 Å². The maximum Gasteiger partial charge on any atom is 0.0515 e. The van der Waals surface area contributed by atoms with Gasteiger partial charge in [-0.25, -0.2) is 0 Å². The third kappa shape index (κ3) is 2.22. The van der Waals surface area contributed by atoms with Gasteiger partial charge in [-0.05, 0) is 29.9 Å². The third-order valence-electron chi connectivity index (χ3n) is 3.34. The predicted octanol–water partition coefficient (Wildman–Crippen LogP) is 3.23. The van der Waals surface area contributed by atoms with Gasteiger partial charge in [-0.3, -0.25) is 0 Å². The maximum atomic E-state index is 8.94. The van der Waals surface area contributed by atoms with E-state index in [1.807, 2.05) is 0 Å². The topological polar surface area (TPSA) is 25.2 Å². The molecule has 2 nitrogen and oxygen atoms in total. The van der Waals surface area contributed by atoms with Crippen LogP contribution < -0.4 is 0 Å². The summed E-state index contributed by atoms with van der Waals surface area (Å²) >= 11 is 0. The fourth-order valence-electron chi connectivity index (χ4n) is 2.52. The van der Waals surface area contributed by atoms with Gasteiger partial charge in [0.05, 0.1) is 5.52 Å². The standard InChI is InChI=1S/C15H21NO/c1-11(2)13-7-4-8-14-12(6-5-9-17)10-16(3)15(13)14/h4,7-8,10-11,17H,5-6,9H2,1-3H3. The fourth-order valence-corrected chi connectivity index (χ4v) is 2.52. The number of para-hydroxylation sites is 1. The summed E-state index contributed by atoms with van der Waals surface area (Å²) < 4.78 is 2.22. The Labute approximate surface area is 103 Å². The van der Waals surface area contributed by atoms with Crippen molar-refractivity contribution in [3.8, 4) is 0 Å². The number of rotatable bonds is 4. The monoisotopic (exact) mass is 231 g/mol. The normalized spacial score (nSPS) is 11.6. The predicted molar refractivity (Wildman–Crippen MR) is 72.4 cm³/mol. The van der Waals surface area contributed by atoms with Crippen LogP contribution in [0.5, 0.6) is 0 Å². The molecule has 0 aliphatic rings. The fraction of sp³-hybridized carbons (Fsp3) is 0.467. The van der Waals surface area contributed by atoms with E-state index in [4.69, 9.17) is 5.11 Å². The van der Waals surface area contributed by atoms with Crippen LogP contribution in [-0.4, -0.2) is 16.3 Å². The second kappa shape index (κ2) is 4.92. The molecule has 0 bridgehead atoms. The molecular formula is C15H21NO. The van der Waals surface area contributed by atoms with Gasteiger partial charge in [0.1, 0.15) is 0 Å². The molecule has 0 saturated heterocycles. The quantitative estimate of drug-likeness (QED) is 0.858. The van der Waals surface area contributed by atoms with Crippen LogP contribution in [0.4, 0.5) is 0 Å². The van der Waals surface area contributed by atoms with E-state index in [9.17, 15) is 0 Å². The van der Waals surface area contributed by atoms with Crippen molar-refractivity contribution in [2.24, 2.45) is 7.05 Å². The van der Waals surface area contributed by atoms with Crippen molar-refractivity contribution in [3.63, 3.8) is 0 Å². The zero-order valence-electron chi connectivity index (χ0n) is 10.9. The van der Waals surface area contributed by atoms with Crippen molar-refractivity contribution in [3.05, 3.63) is 35.5 Å². The Morgan fingerprint density at radius 3 is 2.71 bits per heavy atom. The Morgan fingerprint density at radius 1 is 1.29 bits per heavy atom. The average molecular weight is 231 g/mol. The Hall–Kier alpha value is -1.28. The van der Waals surface area contributed by atoms with Gasteiger partial charge in [0.15, 0.2) is 0 Å². The molecule has 2 rings (SSSR count). The van der Waals surface area contributed by atoms with Gasteiger partial charge in [-0.15, -0.1) is 0 Å². The van der Waals surface area contributed by atoms with Crippen LogP contribution in [0.25, 0.3) is 10.9 Å². The molecule has 1 aromatic carbocycles. The number of nitrogens with zero attached hydrogens (tertiary/aromatic N) is 1. The van der Waals surface area contributed by atoms with Crippen molar-refractivity contribution in [1.82, 2.24) is 4.57 Å². The van der Waals surface area contributed by atoms with E-state index in [-0.39, 0.29) is 6.61 Å². The molecule has 92 valence electrons. The molecule has 2 heteroatoms. The number of hydrogen-bond donors (Lipinski definition) is 1. The van der Waals surface area contributed by atoms with E-state index in [1.54, 1.807) is 0 Å². The Balaban J connectivity index is 2.56. The van der Waals surface area contributed by atoms with Crippen molar-refractivity contribution in [2.75, 3.05) is 6.61 Å². The van der Waals surface area contributed by atoms with Crippen molar-refractivity contribution < 1.29 is 5.11 Å². The van der Waals surface area contributed by atoms with Crippen molar-refractivity contribution in [1.29, 1.82) is 0 Å². The third-order valence-corrected chi connectivity index (χ3v) is 3.34. The van der Waals surface area contributed by atoms with Gasteiger partial charge in [0, 0.05) is 25.2 Å². The maximum absolute atomic E-state index is 8.94. The van der Waals surface area contributed by atoms with Gasteiger partial charge >= 0.3 is 0 Å². The molecule has 0 aliphatic heterocycles. The molecule has 2 aromatic rings. The zero-order valence-corrected chi connectivity index (χ0v) is 10.9. The number of fused-ring (bicyclic) bond motifs is 1. The number of aromatic nitrogens is 1. The summed E-state index contributed by atoms with van der Waals surface area (Å²) in [7, 11) is 2.11.